The first kappa shape index (κ1) is 32.0. The Kier molecular flexibility index (Phi) is 10.3. The Morgan fingerprint density at radius 3 is 2.49 bits per heavy atom. The van der Waals surface area contributed by atoms with Crippen LogP contribution in [0.25, 0.3) is 0 Å². The minimum absolute atomic E-state index is 0.129. The predicted octanol–water partition coefficient (Wildman–Crippen LogP) is 3.72. The van der Waals surface area contributed by atoms with Crippen LogP contribution >= 0.6 is 0 Å². The highest BCUT2D eigenvalue weighted by molar-refractivity contribution is 6.07. The molecule has 4 heterocycles. The molecule has 0 saturated carbocycles. The summed E-state index contributed by atoms with van der Waals surface area (Å²) in [6, 6.07) is 8.88. The average molecular weight is 619 g/mol. The molecule has 0 bridgehead atoms. The zero-order chi connectivity index (χ0) is 31.9. The first-order chi connectivity index (χ1) is 21.8. The molecule has 2 aliphatic rings. The van der Waals surface area contributed by atoms with Crippen LogP contribution in [0, 0.1) is 5.82 Å². The van der Waals surface area contributed by atoms with E-state index in [9.17, 15) is 23.6 Å². The fourth-order valence-corrected chi connectivity index (χ4v) is 5.82. The van der Waals surface area contributed by atoms with Crippen molar-refractivity contribution in [1.82, 2.24) is 19.0 Å². The molecule has 238 valence electrons. The van der Waals surface area contributed by atoms with Gasteiger partial charge in [-0.2, -0.15) is 0 Å². The second-order valence-electron chi connectivity index (χ2n) is 11.3. The van der Waals surface area contributed by atoms with E-state index in [1.54, 1.807) is 30.0 Å². The van der Waals surface area contributed by atoms with Gasteiger partial charge in [-0.1, -0.05) is 6.92 Å². The summed E-state index contributed by atoms with van der Waals surface area (Å²) in [6.07, 6.45) is 6.07. The van der Waals surface area contributed by atoms with Crippen molar-refractivity contribution < 1.29 is 18.7 Å². The van der Waals surface area contributed by atoms with Gasteiger partial charge in [0.25, 0.3) is 11.5 Å². The van der Waals surface area contributed by atoms with Gasteiger partial charge in [-0.15, -0.1) is 0 Å². The molecule has 0 atom stereocenters. The maximum absolute atomic E-state index is 13.6. The highest BCUT2D eigenvalue weighted by Gasteiger charge is 2.27. The maximum Gasteiger partial charge on any atom is 0.332 e. The summed E-state index contributed by atoms with van der Waals surface area (Å²) in [6.45, 7) is 4.63. The molecule has 11 nitrogen and oxygen atoms in total. The van der Waals surface area contributed by atoms with Gasteiger partial charge in [0.2, 0.25) is 5.91 Å². The summed E-state index contributed by atoms with van der Waals surface area (Å²) < 4.78 is 21.6. The summed E-state index contributed by atoms with van der Waals surface area (Å²) >= 11 is 0. The number of benzene rings is 1. The number of nitrogens with zero attached hydrogens (tertiary/aromatic N) is 6. The minimum Gasteiger partial charge on any atom is -0.385 e. The molecule has 5 rings (SSSR count). The van der Waals surface area contributed by atoms with Crippen molar-refractivity contribution >= 4 is 29.2 Å². The van der Waals surface area contributed by atoms with Crippen molar-refractivity contribution in [3.63, 3.8) is 0 Å². The van der Waals surface area contributed by atoms with E-state index in [2.05, 4.69) is 4.98 Å². The summed E-state index contributed by atoms with van der Waals surface area (Å²) in [5.41, 5.74) is 1.36. The topological polar surface area (TPSA) is 119 Å². The van der Waals surface area contributed by atoms with Gasteiger partial charge in [0.15, 0.2) is 0 Å². The van der Waals surface area contributed by atoms with Crippen LogP contribution in [-0.2, 0) is 29.0 Å². The van der Waals surface area contributed by atoms with Gasteiger partial charge >= 0.3 is 5.69 Å². The van der Waals surface area contributed by atoms with E-state index in [0.29, 0.717) is 99.1 Å². The molecule has 1 aromatic carbocycles. The van der Waals surface area contributed by atoms with Gasteiger partial charge in [-0.3, -0.25) is 28.4 Å². The van der Waals surface area contributed by atoms with E-state index < -0.39 is 5.82 Å². The molecule has 1 fully saturated rings. The van der Waals surface area contributed by atoms with Crippen LogP contribution in [-0.4, -0.2) is 69.9 Å². The van der Waals surface area contributed by atoms with Crippen molar-refractivity contribution in [1.29, 1.82) is 0 Å². The molecule has 0 aliphatic carbocycles. The molecular formula is C33H39FN6O5. The Morgan fingerprint density at radius 2 is 1.80 bits per heavy atom. The van der Waals surface area contributed by atoms with Crippen LogP contribution < -0.4 is 16.1 Å². The molecule has 0 radical (unpaired) electrons. The number of carbonyl (C=O) groups excluding carboxylic acids is 2. The van der Waals surface area contributed by atoms with Gasteiger partial charge in [-0.05, 0) is 68.5 Å². The standard InChI is InChI=1S/C33H39FN6O5/c1-3-15-40-32(43)26-21-27(36-30(26)39(33(40)44)19-7-20-45-2)24-11-14-28(35-22-24)38(31(42)23-9-12-25(34)13-10-23)18-6-17-37-16-5-4-8-29(37)41/h9-14,22H,3-8,15-21H2,1-2H3. The van der Waals surface area contributed by atoms with Crippen LogP contribution in [0.4, 0.5) is 16.0 Å². The van der Waals surface area contributed by atoms with E-state index in [1.165, 1.54) is 33.7 Å². The average Bonchev–Trinajstić information content (AvgIpc) is 3.50. The summed E-state index contributed by atoms with van der Waals surface area (Å²) in [7, 11) is 1.60. The monoisotopic (exact) mass is 618 g/mol. The third-order valence-corrected chi connectivity index (χ3v) is 8.18. The van der Waals surface area contributed by atoms with Gasteiger partial charge in [-0.25, -0.2) is 19.2 Å². The Morgan fingerprint density at radius 1 is 1.00 bits per heavy atom. The number of likely N-dealkylation sites (tertiary alicyclic amines) is 1. The Balaban J connectivity index is 1.40. The molecule has 2 aromatic heterocycles. The zero-order valence-corrected chi connectivity index (χ0v) is 25.8. The lowest BCUT2D eigenvalue weighted by Gasteiger charge is -2.28. The maximum atomic E-state index is 13.6. The van der Waals surface area contributed by atoms with Crippen LogP contribution in [0.15, 0.2) is 57.2 Å². The molecule has 2 amide bonds. The van der Waals surface area contributed by atoms with E-state index >= 15 is 0 Å². The molecule has 2 aliphatic heterocycles. The number of piperidine rings is 1. The normalized spacial score (nSPS) is 14.4. The lowest BCUT2D eigenvalue weighted by molar-refractivity contribution is -0.133. The predicted molar refractivity (Wildman–Crippen MR) is 169 cm³/mol. The van der Waals surface area contributed by atoms with Gasteiger partial charge < -0.3 is 9.64 Å². The first-order valence-corrected chi connectivity index (χ1v) is 15.6. The number of fused-ring (bicyclic) bond motifs is 1. The summed E-state index contributed by atoms with van der Waals surface area (Å²) in [5, 5.41) is 0. The number of rotatable bonds is 13. The number of amides is 2. The molecule has 1 saturated heterocycles. The Bertz CT molecular complexity index is 1680. The van der Waals surface area contributed by atoms with Gasteiger partial charge in [0.1, 0.15) is 17.5 Å². The number of hydrogen-bond donors (Lipinski definition) is 0. The van der Waals surface area contributed by atoms with Crippen molar-refractivity contribution in [3.05, 3.63) is 85.9 Å². The SMILES string of the molecule is CCCn1c(=O)c2c(n(CCCOC)c1=O)N=C(c1ccc(N(CCCN3CCCCC3=O)C(=O)c3ccc(F)cc3)nc1)C2. The van der Waals surface area contributed by atoms with Crippen molar-refractivity contribution in [2.24, 2.45) is 4.99 Å². The Hall–Kier alpha value is -4.45. The number of ether oxygens (including phenoxy) is 1. The summed E-state index contributed by atoms with van der Waals surface area (Å²) in [5.74, 6) is 0.128. The van der Waals surface area contributed by atoms with E-state index in [1.807, 2.05) is 11.8 Å². The lowest BCUT2D eigenvalue weighted by atomic mass is 10.1. The van der Waals surface area contributed by atoms with Crippen molar-refractivity contribution in [2.75, 3.05) is 38.3 Å². The number of pyridine rings is 1. The number of carbonyl (C=O) groups is 2. The number of hydrogen-bond acceptors (Lipinski definition) is 7. The van der Waals surface area contributed by atoms with Gasteiger partial charge in [0.05, 0.1) is 11.3 Å². The Labute approximate surface area is 261 Å². The molecular weight excluding hydrogens is 579 g/mol. The van der Waals surface area contributed by atoms with E-state index in [-0.39, 0.29) is 29.5 Å². The molecule has 0 N–H and O–H groups in total. The molecule has 3 aromatic rings. The number of anilines is 1. The molecule has 0 spiro atoms. The summed E-state index contributed by atoms with van der Waals surface area (Å²) in [4.78, 5) is 65.1. The first-order valence-electron chi connectivity index (χ1n) is 15.6. The number of aliphatic imine (C=N–C) groups is 1. The van der Waals surface area contributed by atoms with E-state index in [4.69, 9.17) is 9.73 Å². The highest BCUT2D eigenvalue weighted by atomic mass is 19.1. The van der Waals surface area contributed by atoms with Crippen molar-refractivity contribution in [2.45, 2.75) is 65.0 Å². The fourth-order valence-electron chi connectivity index (χ4n) is 5.82. The van der Waals surface area contributed by atoms with Crippen LogP contribution in [0.1, 0.15) is 66.9 Å². The van der Waals surface area contributed by atoms with Crippen LogP contribution in [0.3, 0.4) is 0 Å². The zero-order valence-electron chi connectivity index (χ0n) is 25.8. The minimum atomic E-state index is -0.437. The smallest absolute Gasteiger partial charge is 0.332 e. The number of aromatic nitrogens is 3. The fraction of sp³-hybridized carbons (Fsp3) is 0.455. The van der Waals surface area contributed by atoms with E-state index in [0.717, 1.165) is 12.8 Å². The quantitative estimate of drug-likeness (QED) is 0.270. The third-order valence-electron chi connectivity index (χ3n) is 8.18. The van der Waals surface area contributed by atoms with Crippen LogP contribution in [0.2, 0.25) is 0 Å². The number of methoxy groups -OCH3 is 1. The van der Waals surface area contributed by atoms with Crippen molar-refractivity contribution in [3.8, 4) is 0 Å². The number of halogens is 1. The largest absolute Gasteiger partial charge is 0.385 e. The molecule has 45 heavy (non-hydrogen) atoms. The third kappa shape index (κ3) is 7.11. The lowest BCUT2D eigenvalue weighted by Crippen LogP contribution is -2.41. The van der Waals surface area contributed by atoms with Gasteiger partial charge in [0, 0.05) is 76.6 Å². The second kappa shape index (κ2) is 14.6. The molecule has 0 unspecified atom stereocenters. The second-order valence-corrected chi connectivity index (χ2v) is 11.3. The van der Waals surface area contributed by atoms with Crippen LogP contribution in [0.5, 0.6) is 0 Å². The highest BCUT2D eigenvalue weighted by Crippen LogP contribution is 2.27. The molecule has 12 heteroatoms.